The van der Waals surface area contributed by atoms with Crippen molar-refractivity contribution in [3.05, 3.63) is 105 Å². The molecule has 0 aliphatic heterocycles. The first-order valence-corrected chi connectivity index (χ1v) is 9.80. The quantitative estimate of drug-likeness (QED) is 0.303. The summed E-state index contributed by atoms with van der Waals surface area (Å²) in [6.07, 6.45) is 0. The van der Waals surface area contributed by atoms with Crippen LogP contribution in [0.1, 0.15) is 0 Å². The summed E-state index contributed by atoms with van der Waals surface area (Å²) < 4.78 is 0. The molecule has 6 rings (SSSR count). The number of fused-ring (bicyclic) bond motifs is 4. The largest absolute Gasteiger partial charge is 0.354 e. The molecular formula is C26H16N2O2. The molecule has 0 aliphatic carbocycles. The lowest BCUT2D eigenvalue weighted by atomic mass is 9.94. The summed E-state index contributed by atoms with van der Waals surface area (Å²) >= 11 is 0. The molecule has 0 aliphatic rings. The highest BCUT2D eigenvalue weighted by Gasteiger charge is 2.19. The lowest BCUT2D eigenvalue weighted by molar-refractivity contribution is 1.51. The van der Waals surface area contributed by atoms with Gasteiger partial charge in [0.15, 0.2) is 10.9 Å². The van der Waals surface area contributed by atoms with Crippen molar-refractivity contribution in [2.75, 3.05) is 5.32 Å². The van der Waals surface area contributed by atoms with Crippen LogP contribution in [0.3, 0.4) is 0 Å². The highest BCUT2D eigenvalue weighted by atomic mass is 16.1. The Balaban J connectivity index is 1.92. The van der Waals surface area contributed by atoms with E-state index in [0.717, 1.165) is 32.7 Å². The first kappa shape index (κ1) is 16.7. The van der Waals surface area contributed by atoms with Crippen molar-refractivity contribution in [2.45, 2.75) is 0 Å². The van der Waals surface area contributed by atoms with E-state index in [4.69, 9.17) is 0 Å². The van der Waals surface area contributed by atoms with Crippen molar-refractivity contribution >= 4 is 54.7 Å². The summed E-state index contributed by atoms with van der Waals surface area (Å²) in [5.74, 6) is 0. The molecule has 6 aromatic rings. The van der Waals surface area contributed by atoms with E-state index < -0.39 is 0 Å². The van der Waals surface area contributed by atoms with Crippen LogP contribution >= 0.6 is 0 Å². The molecule has 0 atom stereocenters. The molecule has 0 amide bonds. The van der Waals surface area contributed by atoms with Crippen molar-refractivity contribution in [1.82, 2.24) is 4.98 Å². The first-order valence-electron chi connectivity index (χ1n) is 9.80. The van der Waals surface area contributed by atoms with Gasteiger partial charge in [-0.15, -0.1) is 0 Å². The fraction of sp³-hybridized carbons (Fsp3) is 0. The summed E-state index contributed by atoms with van der Waals surface area (Å²) in [5.41, 5.74) is 3.01. The molecule has 4 heteroatoms. The van der Waals surface area contributed by atoms with Gasteiger partial charge in [-0.05, 0) is 41.8 Å². The number of hydrogen-bond acceptors (Lipinski definition) is 3. The third kappa shape index (κ3) is 2.28. The minimum Gasteiger partial charge on any atom is -0.354 e. The van der Waals surface area contributed by atoms with Crippen molar-refractivity contribution in [3.8, 4) is 0 Å². The van der Waals surface area contributed by atoms with Crippen LogP contribution in [0.25, 0.3) is 43.4 Å². The molecule has 1 aromatic heterocycles. The normalized spacial score (nSPS) is 11.6. The molecule has 142 valence electrons. The van der Waals surface area contributed by atoms with Crippen LogP contribution in [0.4, 0.5) is 11.4 Å². The molecule has 30 heavy (non-hydrogen) atoms. The number of nitrogens with one attached hydrogen (secondary N) is 2. The molecule has 0 spiro atoms. The predicted molar refractivity (Wildman–Crippen MR) is 124 cm³/mol. The number of pyridine rings is 1. The number of para-hydroxylation sites is 2. The maximum Gasteiger partial charge on any atom is 0.188 e. The third-order valence-electron chi connectivity index (χ3n) is 5.73. The number of aromatic nitrogens is 1. The topological polar surface area (TPSA) is 62.0 Å². The Morgan fingerprint density at radius 2 is 1.30 bits per heavy atom. The van der Waals surface area contributed by atoms with Crippen LogP contribution in [0.15, 0.2) is 94.5 Å². The van der Waals surface area contributed by atoms with Gasteiger partial charge in [0, 0.05) is 27.4 Å². The SMILES string of the molecule is O=c1ccc2c3ccccc3[nH]c3c4c(=O)cccc4c(Nc4ccccc4)c1c23. The molecular weight excluding hydrogens is 372 g/mol. The Morgan fingerprint density at radius 1 is 0.567 bits per heavy atom. The van der Waals surface area contributed by atoms with E-state index >= 15 is 0 Å². The summed E-state index contributed by atoms with van der Waals surface area (Å²) in [6, 6.07) is 26.3. The minimum atomic E-state index is -0.0761. The maximum atomic E-state index is 13.1. The van der Waals surface area contributed by atoms with E-state index in [0.29, 0.717) is 22.0 Å². The van der Waals surface area contributed by atoms with Crippen LogP contribution in [-0.2, 0) is 0 Å². The summed E-state index contributed by atoms with van der Waals surface area (Å²) in [4.78, 5) is 29.6. The second kappa shape index (κ2) is 6.16. The van der Waals surface area contributed by atoms with Gasteiger partial charge in [0.2, 0.25) is 0 Å². The molecule has 0 unspecified atom stereocenters. The van der Waals surface area contributed by atoms with Crippen LogP contribution < -0.4 is 16.2 Å². The number of H-pyrrole nitrogens is 1. The number of anilines is 2. The first-order chi connectivity index (χ1) is 14.7. The lowest BCUT2D eigenvalue weighted by Gasteiger charge is -2.17. The van der Waals surface area contributed by atoms with Crippen LogP contribution in [0.2, 0.25) is 0 Å². The van der Waals surface area contributed by atoms with Crippen molar-refractivity contribution in [3.63, 3.8) is 0 Å². The van der Waals surface area contributed by atoms with E-state index in [1.807, 2.05) is 66.7 Å². The Kier molecular flexibility index (Phi) is 3.44. The van der Waals surface area contributed by atoms with Gasteiger partial charge in [0.1, 0.15) is 0 Å². The van der Waals surface area contributed by atoms with Crippen molar-refractivity contribution < 1.29 is 0 Å². The van der Waals surface area contributed by atoms with Gasteiger partial charge in [-0.2, -0.15) is 0 Å². The summed E-state index contributed by atoms with van der Waals surface area (Å²) in [7, 11) is 0. The molecule has 0 fully saturated rings. The maximum absolute atomic E-state index is 13.1. The molecule has 0 bridgehead atoms. The fourth-order valence-electron chi connectivity index (χ4n) is 4.46. The molecule has 0 saturated carbocycles. The summed E-state index contributed by atoms with van der Waals surface area (Å²) in [6.45, 7) is 0. The smallest absolute Gasteiger partial charge is 0.188 e. The molecule has 1 heterocycles. The minimum absolute atomic E-state index is 0.0744. The molecule has 0 saturated heterocycles. The monoisotopic (exact) mass is 388 g/mol. The second-order valence-electron chi connectivity index (χ2n) is 7.45. The second-order valence-corrected chi connectivity index (χ2v) is 7.45. The van der Waals surface area contributed by atoms with E-state index in [1.54, 1.807) is 18.2 Å². The van der Waals surface area contributed by atoms with Gasteiger partial charge in [-0.1, -0.05) is 48.5 Å². The Hall–Kier alpha value is -4.18. The van der Waals surface area contributed by atoms with Gasteiger partial charge in [-0.25, -0.2) is 0 Å². The molecule has 5 aromatic carbocycles. The number of rotatable bonds is 2. The van der Waals surface area contributed by atoms with Gasteiger partial charge in [-0.3, -0.25) is 9.59 Å². The van der Waals surface area contributed by atoms with Gasteiger partial charge < -0.3 is 10.3 Å². The Bertz CT molecular complexity index is 1700. The predicted octanol–water partition coefficient (Wildman–Crippen LogP) is 5.53. The van der Waals surface area contributed by atoms with Crippen LogP contribution in [0, 0.1) is 0 Å². The van der Waals surface area contributed by atoms with E-state index in [9.17, 15) is 9.59 Å². The molecule has 0 radical (unpaired) electrons. The molecule has 2 N–H and O–H groups in total. The zero-order chi connectivity index (χ0) is 20.2. The average molecular weight is 388 g/mol. The number of aromatic amines is 1. The van der Waals surface area contributed by atoms with Crippen LogP contribution in [-0.4, -0.2) is 4.98 Å². The Morgan fingerprint density at radius 3 is 2.17 bits per heavy atom. The zero-order valence-electron chi connectivity index (χ0n) is 15.9. The Labute approximate surface area is 170 Å². The average Bonchev–Trinajstić information content (AvgIpc) is 2.78. The fourth-order valence-corrected chi connectivity index (χ4v) is 4.46. The van der Waals surface area contributed by atoms with Gasteiger partial charge in [0.25, 0.3) is 0 Å². The van der Waals surface area contributed by atoms with E-state index in [-0.39, 0.29) is 10.9 Å². The van der Waals surface area contributed by atoms with E-state index in [1.165, 1.54) is 0 Å². The summed E-state index contributed by atoms with van der Waals surface area (Å²) in [5, 5.41) is 8.08. The standard InChI is InChI=1S/C26H16N2O2/c29-20-12-6-10-18-22(20)26-23-17(16-9-4-5-11-19(16)28-26)13-14-21(30)24(23)25(18)27-15-7-2-1-3-8-15/h1-14,27-28H. The van der Waals surface area contributed by atoms with Gasteiger partial charge >= 0.3 is 0 Å². The highest BCUT2D eigenvalue weighted by Crippen LogP contribution is 2.39. The number of hydrogen-bond donors (Lipinski definition) is 2. The van der Waals surface area contributed by atoms with Gasteiger partial charge in [0.05, 0.1) is 22.0 Å². The zero-order valence-corrected chi connectivity index (χ0v) is 15.9. The molecule has 4 nitrogen and oxygen atoms in total. The lowest BCUT2D eigenvalue weighted by Crippen LogP contribution is -2.09. The van der Waals surface area contributed by atoms with Crippen molar-refractivity contribution in [2.24, 2.45) is 0 Å². The third-order valence-corrected chi connectivity index (χ3v) is 5.73. The van der Waals surface area contributed by atoms with Crippen molar-refractivity contribution in [1.29, 1.82) is 0 Å². The van der Waals surface area contributed by atoms with Crippen LogP contribution in [0.5, 0.6) is 0 Å². The number of benzene rings is 5. The van der Waals surface area contributed by atoms with E-state index in [2.05, 4.69) is 10.3 Å². The highest BCUT2D eigenvalue weighted by molar-refractivity contribution is 6.30.